The highest BCUT2D eigenvalue weighted by Gasteiger charge is 2.01. The highest BCUT2D eigenvalue weighted by atomic mass is 19.1. The van der Waals surface area contributed by atoms with Gasteiger partial charge >= 0.3 is 0 Å². The molecular formula is C13H19FN2O. The van der Waals surface area contributed by atoms with Crippen molar-refractivity contribution in [3.63, 3.8) is 0 Å². The lowest BCUT2D eigenvalue weighted by Crippen LogP contribution is -2.22. The van der Waals surface area contributed by atoms with Gasteiger partial charge in [-0.25, -0.2) is 4.39 Å². The largest absolute Gasteiger partial charge is 0.352 e. The molecule has 0 saturated carbocycles. The number of benzene rings is 1. The van der Waals surface area contributed by atoms with E-state index in [1.54, 1.807) is 12.1 Å². The van der Waals surface area contributed by atoms with E-state index in [1.807, 2.05) is 0 Å². The third-order valence-corrected chi connectivity index (χ3v) is 2.49. The highest BCUT2D eigenvalue weighted by molar-refractivity contribution is 5.75. The maximum Gasteiger partial charge on any atom is 0.220 e. The predicted molar refractivity (Wildman–Crippen MR) is 65.8 cm³/mol. The van der Waals surface area contributed by atoms with Crippen LogP contribution in [0.1, 0.15) is 31.2 Å². The molecule has 94 valence electrons. The summed E-state index contributed by atoms with van der Waals surface area (Å²) in [5.74, 6) is -0.272. The summed E-state index contributed by atoms with van der Waals surface area (Å²) in [4.78, 5) is 11.4. The number of nitrogens with one attached hydrogen (secondary N) is 1. The first-order valence-corrected chi connectivity index (χ1v) is 5.93. The van der Waals surface area contributed by atoms with E-state index >= 15 is 0 Å². The van der Waals surface area contributed by atoms with Crippen LogP contribution in [0.3, 0.4) is 0 Å². The topological polar surface area (TPSA) is 55.1 Å². The van der Waals surface area contributed by atoms with E-state index in [0.717, 1.165) is 24.8 Å². The molecule has 3 nitrogen and oxygen atoms in total. The van der Waals surface area contributed by atoms with Gasteiger partial charge < -0.3 is 11.1 Å². The first-order valence-electron chi connectivity index (χ1n) is 5.93. The van der Waals surface area contributed by atoms with Crippen molar-refractivity contribution in [3.8, 4) is 0 Å². The molecule has 0 saturated heterocycles. The smallest absolute Gasteiger partial charge is 0.220 e. The van der Waals surface area contributed by atoms with Gasteiger partial charge in [-0.1, -0.05) is 18.6 Å². The van der Waals surface area contributed by atoms with E-state index in [-0.39, 0.29) is 11.7 Å². The van der Waals surface area contributed by atoms with E-state index in [4.69, 9.17) is 5.73 Å². The maximum absolute atomic E-state index is 12.9. The Labute approximate surface area is 101 Å². The van der Waals surface area contributed by atoms with Crippen LogP contribution in [0.2, 0.25) is 0 Å². The Kier molecular flexibility index (Phi) is 6.25. The molecule has 1 rings (SSSR count). The third-order valence-electron chi connectivity index (χ3n) is 2.49. The van der Waals surface area contributed by atoms with Crippen molar-refractivity contribution in [3.05, 3.63) is 35.6 Å². The van der Waals surface area contributed by atoms with Crippen LogP contribution in [0.4, 0.5) is 4.39 Å². The Morgan fingerprint density at radius 2 is 2.12 bits per heavy atom. The number of rotatable bonds is 7. The fraction of sp³-hybridized carbons (Fsp3) is 0.462. The summed E-state index contributed by atoms with van der Waals surface area (Å²) in [5.41, 5.74) is 6.14. The minimum absolute atomic E-state index is 0.00582. The lowest BCUT2D eigenvalue weighted by atomic mass is 10.2. The van der Waals surface area contributed by atoms with Crippen molar-refractivity contribution >= 4 is 5.91 Å². The first-order chi connectivity index (χ1) is 8.22. The maximum atomic E-state index is 12.9. The van der Waals surface area contributed by atoms with Crippen molar-refractivity contribution in [1.29, 1.82) is 0 Å². The summed E-state index contributed by atoms with van der Waals surface area (Å²) < 4.78 is 12.9. The van der Waals surface area contributed by atoms with Crippen LogP contribution >= 0.6 is 0 Å². The van der Waals surface area contributed by atoms with E-state index in [2.05, 4.69) is 5.32 Å². The number of hydrogen-bond acceptors (Lipinski definition) is 2. The molecule has 0 bridgehead atoms. The standard InChI is InChI=1S/C13H19FN2O/c14-12-6-4-5-11(9-12)10-16-13(17)7-2-1-3-8-15/h4-6,9H,1-3,7-8,10,15H2,(H,16,17). The van der Waals surface area contributed by atoms with Crippen LogP contribution < -0.4 is 11.1 Å². The van der Waals surface area contributed by atoms with Crippen molar-refractivity contribution in [1.82, 2.24) is 5.32 Å². The molecule has 1 aromatic rings. The van der Waals surface area contributed by atoms with Gasteiger partial charge in [-0.15, -0.1) is 0 Å². The predicted octanol–water partition coefficient (Wildman–Crippen LogP) is 1.96. The van der Waals surface area contributed by atoms with Crippen molar-refractivity contribution in [2.45, 2.75) is 32.2 Å². The SMILES string of the molecule is NCCCCCC(=O)NCc1cccc(F)c1. The Hall–Kier alpha value is -1.42. The minimum Gasteiger partial charge on any atom is -0.352 e. The summed E-state index contributed by atoms with van der Waals surface area (Å²) in [7, 11) is 0. The Bertz CT molecular complexity index is 355. The quantitative estimate of drug-likeness (QED) is 0.713. The number of amides is 1. The monoisotopic (exact) mass is 238 g/mol. The highest BCUT2D eigenvalue weighted by Crippen LogP contribution is 2.03. The molecule has 0 aliphatic carbocycles. The fourth-order valence-electron chi connectivity index (χ4n) is 1.54. The zero-order chi connectivity index (χ0) is 12.5. The molecule has 0 radical (unpaired) electrons. The van der Waals surface area contributed by atoms with Gasteiger partial charge in [-0.3, -0.25) is 4.79 Å². The van der Waals surface area contributed by atoms with Crippen molar-refractivity contribution in [2.24, 2.45) is 5.73 Å². The van der Waals surface area contributed by atoms with Gasteiger partial charge in [0, 0.05) is 13.0 Å². The van der Waals surface area contributed by atoms with Crippen LogP contribution in [0.25, 0.3) is 0 Å². The van der Waals surface area contributed by atoms with Crippen LogP contribution in [-0.2, 0) is 11.3 Å². The summed E-state index contributed by atoms with van der Waals surface area (Å²) >= 11 is 0. The zero-order valence-electron chi connectivity index (χ0n) is 9.92. The molecule has 3 N–H and O–H groups in total. The molecule has 4 heteroatoms. The second-order valence-electron chi connectivity index (χ2n) is 4.01. The molecule has 0 aliphatic heterocycles. The fourth-order valence-corrected chi connectivity index (χ4v) is 1.54. The van der Waals surface area contributed by atoms with Gasteiger partial charge in [0.05, 0.1) is 0 Å². The van der Waals surface area contributed by atoms with Gasteiger partial charge in [0.1, 0.15) is 5.82 Å². The first kappa shape index (κ1) is 13.6. The number of unbranched alkanes of at least 4 members (excludes halogenated alkanes) is 2. The number of halogens is 1. The molecule has 0 aromatic heterocycles. The van der Waals surface area contributed by atoms with Gasteiger partial charge in [-0.2, -0.15) is 0 Å². The molecule has 17 heavy (non-hydrogen) atoms. The molecule has 0 heterocycles. The number of carbonyl (C=O) groups excluding carboxylic acids is 1. The molecule has 0 unspecified atom stereocenters. The second kappa shape index (κ2) is 7.79. The van der Waals surface area contributed by atoms with E-state index in [1.165, 1.54) is 12.1 Å². The van der Waals surface area contributed by atoms with Gasteiger partial charge in [0.2, 0.25) is 5.91 Å². The molecule has 0 atom stereocenters. The van der Waals surface area contributed by atoms with Crippen LogP contribution in [0, 0.1) is 5.82 Å². The van der Waals surface area contributed by atoms with Crippen LogP contribution in [0.5, 0.6) is 0 Å². The average Bonchev–Trinajstić information content (AvgIpc) is 2.32. The molecular weight excluding hydrogens is 219 g/mol. The Morgan fingerprint density at radius 3 is 2.82 bits per heavy atom. The summed E-state index contributed by atoms with van der Waals surface area (Å²) in [6.45, 7) is 1.05. The number of carbonyl (C=O) groups is 1. The molecule has 0 spiro atoms. The Balaban J connectivity index is 2.19. The zero-order valence-corrected chi connectivity index (χ0v) is 9.92. The van der Waals surface area contributed by atoms with Crippen molar-refractivity contribution < 1.29 is 9.18 Å². The summed E-state index contributed by atoms with van der Waals surface area (Å²) in [5, 5.41) is 2.77. The average molecular weight is 238 g/mol. The van der Waals surface area contributed by atoms with Gasteiger partial charge in [0.25, 0.3) is 0 Å². The normalized spacial score (nSPS) is 10.2. The second-order valence-corrected chi connectivity index (χ2v) is 4.01. The van der Waals surface area contributed by atoms with Crippen molar-refractivity contribution in [2.75, 3.05) is 6.54 Å². The lowest BCUT2D eigenvalue weighted by Gasteiger charge is -2.05. The third kappa shape index (κ3) is 6.02. The Morgan fingerprint density at radius 1 is 1.29 bits per heavy atom. The van der Waals surface area contributed by atoms with Gasteiger partial charge in [-0.05, 0) is 37.1 Å². The lowest BCUT2D eigenvalue weighted by molar-refractivity contribution is -0.121. The molecule has 0 aliphatic rings. The molecule has 0 fully saturated rings. The number of nitrogens with two attached hydrogens (primary N) is 1. The summed E-state index contributed by atoms with van der Waals surface area (Å²) in [6.07, 6.45) is 3.29. The van der Waals surface area contributed by atoms with Gasteiger partial charge in [0.15, 0.2) is 0 Å². The van der Waals surface area contributed by atoms with Crippen LogP contribution in [0.15, 0.2) is 24.3 Å². The van der Waals surface area contributed by atoms with E-state index < -0.39 is 0 Å². The summed E-state index contributed by atoms with van der Waals surface area (Å²) in [6, 6.07) is 6.24. The molecule has 1 aromatic carbocycles. The van der Waals surface area contributed by atoms with Crippen LogP contribution in [-0.4, -0.2) is 12.5 Å². The van der Waals surface area contributed by atoms with E-state index in [9.17, 15) is 9.18 Å². The minimum atomic E-state index is -0.278. The van der Waals surface area contributed by atoms with E-state index in [0.29, 0.717) is 19.5 Å². The number of hydrogen-bond donors (Lipinski definition) is 2. The molecule has 1 amide bonds.